The van der Waals surface area contributed by atoms with E-state index in [9.17, 15) is 13.2 Å². The summed E-state index contributed by atoms with van der Waals surface area (Å²) in [5, 5.41) is 0. The van der Waals surface area contributed by atoms with Gasteiger partial charge in [-0.25, -0.2) is 13.1 Å². The Morgan fingerprint density at radius 3 is 2.16 bits per heavy atom. The molecule has 1 aliphatic heterocycles. The van der Waals surface area contributed by atoms with Gasteiger partial charge in [-0.2, -0.15) is 0 Å². The summed E-state index contributed by atoms with van der Waals surface area (Å²) < 4.78 is 43.9. The zero-order valence-electron chi connectivity index (χ0n) is 18.4. The molecule has 1 heterocycles. The van der Waals surface area contributed by atoms with Gasteiger partial charge in [0.15, 0.2) is 11.5 Å². The molecule has 1 amide bonds. The molecule has 1 aliphatic rings. The van der Waals surface area contributed by atoms with Crippen molar-refractivity contribution in [2.75, 3.05) is 27.9 Å². The Bertz CT molecular complexity index is 1080. The second-order valence-corrected chi connectivity index (χ2v) is 9.28. The number of rotatable bonds is 7. The van der Waals surface area contributed by atoms with Gasteiger partial charge in [-0.3, -0.25) is 4.79 Å². The van der Waals surface area contributed by atoms with Crippen LogP contribution >= 0.6 is 0 Å². The normalized spacial score (nSPS) is 13.7. The smallest absolute Gasteiger partial charge is 0.254 e. The molecule has 0 saturated heterocycles. The van der Waals surface area contributed by atoms with Crippen LogP contribution in [-0.2, 0) is 23.0 Å². The third kappa shape index (κ3) is 4.77. The molecule has 168 valence electrons. The van der Waals surface area contributed by atoms with Crippen LogP contribution in [0.4, 0.5) is 0 Å². The number of nitrogens with one attached hydrogen (secondary N) is 1. The number of amides is 1. The molecular weight excluding hydrogens is 420 g/mol. The summed E-state index contributed by atoms with van der Waals surface area (Å²) in [7, 11) is 0.726. The van der Waals surface area contributed by atoms with Gasteiger partial charge in [-0.1, -0.05) is 0 Å². The maximum atomic E-state index is 13.2. The zero-order chi connectivity index (χ0) is 22.8. The minimum absolute atomic E-state index is 0.0571. The molecule has 0 atom stereocenters. The molecule has 0 spiro atoms. The first-order valence-corrected chi connectivity index (χ1v) is 11.4. The zero-order valence-corrected chi connectivity index (χ0v) is 19.2. The highest BCUT2D eigenvalue weighted by atomic mass is 32.2. The summed E-state index contributed by atoms with van der Waals surface area (Å²) in [6.07, 6.45) is 0.664. The van der Waals surface area contributed by atoms with Crippen molar-refractivity contribution in [3.05, 3.63) is 47.0 Å². The van der Waals surface area contributed by atoms with Gasteiger partial charge in [0.05, 0.1) is 21.3 Å². The van der Waals surface area contributed by atoms with Crippen LogP contribution in [0.25, 0.3) is 0 Å². The van der Waals surface area contributed by atoms with E-state index >= 15 is 0 Å². The molecule has 0 saturated carbocycles. The molecule has 1 N–H and O–H groups in total. The van der Waals surface area contributed by atoms with Gasteiger partial charge in [-0.05, 0) is 61.7 Å². The average Bonchev–Trinajstić information content (AvgIpc) is 2.75. The van der Waals surface area contributed by atoms with Crippen LogP contribution in [0.15, 0.2) is 35.2 Å². The number of carbonyl (C=O) groups excluding carboxylic acids is 1. The van der Waals surface area contributed by atoms with Crippen molar-refractivity contribution in [2.45, 2.75) is 37.8 Å². The van der Waals surface area contributed by atoms with E-state index < -0.39 is 10.0 Å². The third-order valence-electron chi connectivity index (χ3n) is 5.10. The minimum atomic E-state index is -3.83. The van der Waals surface area contributed by atoms with E-state index in [0.717, 1.165) is 11.1 Å². The number of benzene rings is 2. The number of nitrogens with zero attached hydrogens (tertiary/aromatic N) is 1. The van der Waals surface area contributed by atoms with E-state index in [1.165, 1.54) is 19.2 Å². The fourth-order valence-electron chi connectivity index (χ4n) is 3.63. The number of methoxy groups -OCH3 is 3. The molecule has 0 unspecified atom stereocenters. The molecule has 0 radical (unpaired) electrons. The Morgan fingerprint density at radius 1 is 0.968 bits per heavy atom. The quantitative estimate of drug-likeness (QED) is 0.700. The Hall–Kier alpha value is -2.78. The summed E-state index contributed by atoms with van der Waals surface area (Å²) in [5.41, 5.74) is 2.36. The number of fused-ring (bicyclic) bond motifs is 1. The highest BCUT2D eigenvalue weighted by molar-refractivity contribution is 7.89. The van der Waals surface area contributed by atoms with Crippen LogP contribution in [0, 0.1) is 0 Å². The minimum Gasteiger partial charge on any atom is -0.495 e. The predicted octanol–water partition coefficient (Wildman–Crippen LogP) is 2.60. The van der Waals surface area contributed by atoms with Crippen molar-refractivity contribution in [1.29, 1.82) is 0 Å². The van der Waals surface area contributed by atoms with E-state index in [2.05, 4.69) is 4.72 Å². The second-order valence-electron chi connectivity index (χ2n) is 7.59. The van der Waals surface area contributed by atoms with E-state index in [4.69, 9.17) is 14.2 Å². The van der Waals surface area contributed by atoms with Gasteiger partial charge < -0.3 is 19.1 Å². The number of carbonyl (C=O) groups is 1. The third-order valence-corrected chi connectivity index (χ3v) is 6.78. The Morgan fingerprint density at radius 2 is 1.58 bits per heavy atom. The number of hydrogen-bond donors (Lipinski definition) is 1. The maximum absolute atomic E-state index is 13.2. The van der Waals surface area contributed by atoms with Crippen LogP contribution in [0.1, 0.15) is 35.3 Å². The molecular formula is C22H28N2O6S. The molecule has 2 aromatic rings. The summed E-state index contributed by atoms with van der Waals surface area (Å²) in [6, 6.07) is 7.99. The van der Waals surface area contributed by atoms with Crippen molar-refractivity contribution >= 4 is 15.9 Å². The summed E-state index contributed by atoms with van der Waals surface area (Å²) >= 11 is 0. The first kappa shape index (κ1) is 22.9. The average molecular weight is 449 g/mol. The van der Waals surface area contributed by atoms with Crippen LogP contribution in [0.5, 0.6) is 17.2 Å². The van der Waals surface area contributed by atoms with Gasteiger partial charge in [0.25, 0.3) is 5.91 Å². The molecule has 9 heteroatoms. The van der Waals surface area contributed by atoms with E-state index in [-0.39, 0.29) is 28.2 Å². The lowest BCUT2D eigenvalue weighted by molar-refractivity contribution is 0.0734. The molecule has 0 aliphatic carbocycles. The number of sulfonamides is 1. The highest BCUT2D eigenvalue weighted by Gasteiger charge is 2.27. The standard InChI is InChI=1S/C22H28N2O6S/c1-14(2)23-31(26,27)21-12-16(6-7-18(21)28-3)22(25)24-9-8-15-10-19(29-4)20(30-5)11-17(15)13-24/h6-7,10-12,14,23H,8-9,13H2,1-5H3. The molecule has 2 aromatic carbocycles. The van der Waals surface area contributed by atoms with Gasteiger partial charge in [-0.15, -0.1) is 0 Å². The lowest BCUT2D eigenvalue weighted by Crippen LogP contribution is -2.36. The molecule has 31 heavy (non-hydrogen) atoms. The maximum Gasteiger partial charge on any atom is 0.254 e. The van der Waals surface area contributed by atoms with E-state index in [1.54, 1.807) is 39.0 Å². The fraction of sp³-hybridized carbons (Fsp3) is 0.409. The Kier molecular flexibility index (Phi) is 6.76. The van der Waals surface area contributed by atoms with Crippen molar-refractivity contribution in [1.82, 2.24) is 9.62 Å². The summed E-state index contributed by atoms with van der Waals surface area (Å²) in [4.78, 5) is 14.8. The monoisotopic (exact) mass is 448 g/mol. The SMILES string of the molecule is COc1cc2c(cc1OC)CN(C(=O)c1ccc(OC)c(S(=O)(=O)NC(C)C)c1)CC2. The van der Waals surface area contributed by atoms with Crippen molar-refractivity contribution in [3.8, 4) is 17.2 Å². The van der Waals surface area contributed by atoms with Crippen LogP contribution in [0.2, 0.25) is 0 Å². The fourth-order valence-corrected chi connectivity index (χ4v) is 5.08. The van der Waals surface area contributed by atoms with Crippen LogP contribution in [-0.4, -0.2) is 53.1 Å². The van der Waals surface area contributed by atoms with E-state index in [0.29, 0.717) is 31.0 Å². The topological polar surface area (TPSA) is 94.2 Å². The molecule has 3 rings (SSSR count). The first-order chi connectivity index (χ1) is 14.7. The number of ether oxygens (including phenoxy) is 3. The lowest BCUT2D eigenvalue weighted by atomic mass is 9.98. The molecule has 0 aromatic heterocycles. The van der Waals surface area contributed by atoms with Gasteiger partial charge >= 0.3 is 0 Å². The Labute approximate surface area is 183 Å². The lowest BCUT2D eigenvalue weighted by Gasteiger charge is -2.30. The van der Waals surface area contributed by atoms with Gasteiger partial charge in [0, 0.05) is 24.7 Å². The van der Waals surface area contributed by atoms with E-state index in [1.807, 2.05) is 12.1 Å². The largest absolute Gasteiger partial charge is 0.495 e. The Balaban J connectivity index is 1.91. The highest BCUT2D eigenvalue weighted by Crippen LogP contribution is 2.34. The van der Waals surface area contributed by atoms with Crippen molar-refractivity contribution in [3.63, 3.8) is 0 Å². The van der Waals surface area contributed by atoms with Crippen molar-refractivity contribution in [2.24, 2.45) is 0 Å². The second kappa shape index (κ2) is 9.15. The van der Waals surface area contributed by atoms with Gasteiger partial charge in [0.1, 0.15) is 10.6 Å². The van der Waals surface area contributed by atoms with Gasteiger partial charge in [0.2, 0.25) is 10.0 Å². The summed E-state index contributed by atoms with van der Waals surface area (Å²) in [6.45, 7) is 4.37. The number of hydrogen-bond acceptors (Lipinski definition) is 6. The molecule has 0 bridgehead atoms. The predicted molar refractivity (Wildman–Crippen MR) is 116 cm³/mol. The molecule has 0 fully saturated rings. The van der Waals surface area contributed by atoms with Crippen LogP contribution < -0.4 is 18.9 Å². The van der Waals surface area contributed by atoms with Crippen LogP contribution in [0.3, 0.4) is 0 Å². The summed E-state index contributed by atoms with van der Waals surface area (Å²) in [5.74, 6) is 1.20. The van der Waals surface area contributed by atoms with Crippen molar-refractivity contribution < 1.29 is 27.4 Å². The first-order valence-electron chi connectivity index (χ1n) is 9.93. The molecule has 8 nitrogen and oxygen atoms in total.